The Morgan fingerprint density at radius 3 is 1.59 bits per heavy atom. The van der Waals surface area contributed by atoms with Gasteiger partial charge in [-0.15, -0.1) is 0 Å². The summed E-state index contributed by atoms with van der Waals surface area (Å²) in [5.74, 6) is 0. The minimum absolute atomic E-state index is 0.364. The van der Waals surface area contributed by atoms with Gasteiger partial charge in [0.15, 0.2) is 0 Å². The van der Waals surface area contributed by atoms with E-state index in [1.807, 2.05) is 47.6 Å². The second kappa shape index (κ2) is 18.2. The number of anilines is 2. The molecule has 2 heterocycles. The van der Waals surface area contributed by atoms with Crippen LogP contribution in [0.4, 0.5) is 21.0 Å². The molecule has 0 bridgehead atoms. The second-order valence-electron chi connectivity index (χ2n) is 12.5. The first-order valence-electron chi connectivity index (χ1n) is 15.1. The third kappa shape index (κ3) is 15.4. The van der Waals surface area contributed by atoms with E-state index in [0.717, 1.165) is 5.69 Å². The number of hydrogen-bond acceptors (Lipinski definition) is 6. The number of ether oxygens (including phenoxy) is 2. The van der Waals surface area contributed by atoms with Gasteiger partial charge in [0.2, 0.25) is 0 Å². The molecule has 0 unspecified atom stereocenters. The minimum atomic E-state index is -2.66. The predicted octanol–water partition coefficient (Wildman–Crippen LogP) is 8.91. The van der Waals surface area contributed by atoms with E-state index in [9.17, 15) is 9.59 Å². The number of pyridine rings is 2. The Balaban J connectivity index is 0.000000502. The summed E-state index contributed by atoms with van der Waals surface area (Å²) in [7, 11) is 0. The summed E-state index contributed by atoms with van der Waals surface area (Å²) in [6, 6.07) is 5.36. The zero-order chi connectivity index (χ0) is 30.9. The number of nitrogens with one attached hydrogen (secondary N) is 2. The van der Waals surface area contributed by atoms with Gasteiger partial charge in [-0.3, -0.25) is 10.3 Å². The van der Waals surface area contributed by atoms with Gasteiger partial charge in [0.1, 0.15) is 5.60 Å². The number of rotatable bonds is 12. The summed E-state index contributed by atoms with van der Waals surface area (Å²) in [4.78, 5) is 32.0. The molecule has 2 aromatic heterocycles. The van der Waals surface area contributed by atoms with E-state index in [4.69, 9.17) is 9.47 Å². The fraction of sp³-hybridized carbons (Fsp3) is 0.625. The maximum absolute atomic E-state index is 12.4. The molecule has 0 aliphatic carbocycles. The Labute approximate surface area is 252 Å². The van der Waals surface area contributed by atoms with E-state index in [2.05, 4.69) is 47.6 Å². The van der Waals surface area contributed by atoms with Crippen LogP contribution in [0.15, 0.2) is 43.0 Å². The van der Waals surface area contributed by atoms with Gasteiger partial charge >= 0.3 is 177 Å². The third-order valence-corrected chi connectivity index (χ3v) is 22.0. The average molecular weight is 678 g/mol. The van der Waals surface area contributed by atoms with E-state index in [1.165, 1.54) is 55.4 Å². The van der Waals surface area contributed by atoms with Crippen molar-refractivity contribution in [3.8, 4) is 0 Å². The van der Waals surface area contributed by atoms with Gasteiger partial charge in [0, 0.05) is 18.1 Å². The molecule has 2 amide bonds. The Hall–Kier alpha value is -2.36. The standard InChI is InChI=1S/C10H14N2O2.C10H13N2O2.3C4H9.Sn/c2*1-10(2,3)14-9(13)12-8-4-6-11-7-5-8;3*1-3-4-2;/h4-7H,1-3H3,(H,11,12,13);4,6-7H,1-3H3,(H,11,12,13);3*1,3-4H2,2H3;. The van der Waals surface area contributed by atoms with Crippen LogP contribution in [0.2, 0.25) is 13.3 Å². The van der Waals surface area contributed by atoms with Crippen LogP contribution in [0.25, 0.3) is 0 Å². The van der Waals surface area contributed by atoms with Gasteiger partial charge in [-0.05, 0) is 32.9 Å². The number of carbonyl (C=O) groups excluding carboxylic acids is 2. The molecule has 0 atom stereocenters. The third-order valence-electron chi connectivity index (χ3n) is 6.38. The molecule has 0 radical (unpaired) electrons. The SMILES string of the molecule is CC(C)(C)OC(=O)Nc1ccncc1.CCC[CH2][Sn]([CH2]CCC)([CH2]CCC)[c]1cnccc1NC(=O)OC(C)(C)C. The van der Waals surface area contributed by atoms with E-state index in [1.54, 1.807) is 30.7 Å². The Morgan fingerprint density at radius 1 is 0.707 bits per heavy atom. The van der Waals surface area contributed by atoms with Gasteiger partial charge < -0.3 is 4.74 Å². The summed E-state index contributed by atoms with van der Waals surface area (Å²) in [5, 5.41) is 5.65. The molecule has 0 aromatic carbocycles. The van der Waals surface area contributed by atoms with E-state index in [0.29, 0.717) is 5.69 Å². The van der Waals surface area contributed by atoms with E-state index >= 15 is 0 Å². The van der Waals surface area contributed by atoms with Crippen molar-refractivity contribution < 1.29 is 19.1 Å². The monoisotopic (exact) mass is 678 g/mol. The predicted molar refractivity (Wildman–Crippen MR) is 173 cm³/mol. The van der Waals surface area contributed by atoms with Crippen LogP contribution in [-0.4, -0.2) is 51.7 Å². The molecule has 8 nitrogen and oxygen atoms in total. The van der Waals surface area contributed by atoms with E-state index < -0.39 is 35.7 Å². The fourth-order valence-corrected chi connectivity index (χ4v) is 20.8. The fourth-order valence-electron chi connectivity index (χ4n) is 4.52. The van der Waals surface area contributed by atoms with Crippen molar-refractivity contribution in [3.05, 3.63) is 43.0 Å². The zero-order valence-electron chi connectivity index (χ0n) is 26.9. The summed E-state index contributed by atoms with van der Waals surface area (Å²) in [5.41, 5.74) is 0.647. The number of carbonyl (C=O) groups is 2. The van der Waals surface area contributed by atoms with Crippen molar-refractivity contribution >= 4 is 45.5 Å². The first kappa shape index (κ1) is 36.7. The number of aromatic nitrogens is 2. The molecular formula is C32H54N4O4Sn. The molecule has 41 heavy (non-hydrogen) atoms. The van der Waals surface area contributed by atoms with Crippen LogP contribution in [0, 0.1) is 0 Å². The maximum atomic E-state index is 12.4. The van der Waals surface area contributed by atoms with Crippen molar-refractivity contribution in [1.82, 2.24) is 9.97 Å². The van der Waals surface area contributed by atoms with Gasteiger partial charge in [-0.2, -0.15) is 0 Å². The molecule has 0 spiro atoms. The Morgan fingerprint density at radius 2 is 1.15 bits per heavy atom. The summed E-state index contributed by atoms with van der Waals surface area (Å²) >= 11 is -2.66. The van der Waals surface area contributed by atoms with Crippen LogP contribution in [0.3, 0.4) is 0 Å². The molecule has 230 valence electrons. The van der Waals surface area contributed by atoms with Crippen molar-refractivity contribution in [1.29, 1.82) is 0 Å². The van der Waals surface area contributed by atoms with Gasteiger partial charge in [0.05, 0.1) is 0 Å². The van der Waals surface area contributed by atoms with Gasteiger partial charge in [-0.1, -0.05) is 0 Å². The average Bonchev–Trinajstić information content (AvgIpc) is 2.88. The molecule has 0 aliphatic rings. The van der Waals surface area contributed by atoms with Crippen LogP contribution in [-0.2, 0) is 9.47 Å². The van der Waals surface area contributed by atoms with Gasteiger partial charge in [-0.25, -0.2) is 4.79 Å². The number of amides is 2. The molecule has 0 fully saturated rings. The van der Waals surface area contributed by atoms with Crippen LogP contribution < -0.4 is 14.2 Å². The molecule has 9 heteroatoms. The van der Waals surface area contributed by atoms with Crippen LogP contribution in [0.1, 0.15) is 101 Å². The normalized spacial score (nSPS) is 11.6. The van der Waals surface area contributed by atoms with Gasteiger partial charge in [0.25, 0.3) is 0 Å². The van der Waals surface area contributed by atoms with Crippen molar-refractivity contribution in [3.63, 3.8) is 0 Å². The molecule has 0 saturated heterocycles. The quantitative estimate of drug-likeness (QED) is 0.218. The summed E-state index contributed by atoms with van der Waals surface area (Å²) in [6.07, 6.45) is 13.8. The van der Waals surface area contributed by atoms with Crippen LogP contribution in [0.5, 0.6) is 0 Å². The number of unbranched alkanes of at least 4 members (excludes halogenated alkanes) is 3. The summed E-state index contributed by atoms with van der Waals surface area (Å²) < 4.78 is 16.0. The Kier molecular flexibility index (Phi) is 16.3. The molecule has 2 rings (SSSR count). The van der Waals surface area contributed by atoms with Crippen molar-refractivity contribution in [2.75, 3.05) is 10.6 Å². The number of nitrogens with zero attached hydrogens (tertiary/aromatic N) is 2. The summed E-state index contributed by atoms with van der Waals surface area (Å²) in [6.45, 7) is 18.0. The molecule has 2 aromatic rings. The Bertz CT molecular complexity index is 1010. The van der Waals surface area contributed by atoms with Crippen molar-refractivity contribution in [2.45, 2.75) is 125 Å². The molecule has 0 aliphatic heterocycles. The number of hydrogen-bond donors (Lipinski definition) is 2. The second-order valence-corrected chi connectivity index (χ2v) is 25.6. The van der Waals surface area contributed by atoms with Crippen LogP contribution >= 0.6 is 0 Å². The zero-order valence-corrected chi connectivity index (χ0v) is 29.8. The first-order chi connectivity index (χ1) is 19.2. The molecule has 2 N–H and O–H groups in total. The first-order valence-corrected chi connectivity index (χ1v) is 22.6. The molecule has 0 saturated carbocycles. The van der Waals surface area contributed by atoms with E-state index in [-0.39, 0.29) is 6.09 Å². The molecular weight excluding hydrogens is 623 g/mol. The van der Waals surface area contributed by atoms with Crippen molar-refractivity contribution in [2.24, 2.45) is 0 Å². The topological polar surface area (TPSA) is 102 Å².